The summed E-state index contributed by atoms with van der Waals surface area (Å²) in [6.45, 7) is 1.67. The highest BCUT2D eigenvalue weighted by Crippen LogP contribution is 2.25. The fourth-order valence-electron chi connectivity index (χ4n) is 3.13. The van der Waals surface area contributed by atoms with Crippen molar-refractivity contribution < 1.29 is 8.42 Å². The molecule has 0 aromatic rings. The van der Waals surface area contributed by atoms with E-state index in [4.69, 9.17) is 0 Å². The third-order valence-electron chi connectivity index (χ3n) is 4.29. The lowest BCUT2D eigenvalue weighted by atomic mass is 9.87. The van der Waals surface area contributed by atoms with Crippen LogP contribution in [-0.2, 0) is 9.84 Å². The van der Waals surface area contributed by atoms with Gasteiger partial charge in [0, 0.05) is 6.54 Å². The van der Waals surface area contributed by atoms with E-state index in [1.54, 1.807) is 0 Å². The van der Waals surface area contributed by atoms with Gasteiger partial charge < -0.3 is 5.32 Å². The minimum Gasteiger partial charge on any atom is -0.315 e. The molecule has 1 saturated carbocycles. The molecule has 1 unspecified atom stereocenters. The Morgan fingerprint density at radius 3 is 2.41 bits per heavy atom. The van der Waals surface area contributed by atoms with Gasteiger partial charge in [-0.25, -0.2) is 8.42 Å². The van der Waals surface area contributed by atoms with Crippen molar-refractivity contribution in [3.8, 4) is 0 Å². The van der Waals surface area contributed by atoms with Crippen molar-refractivity contribution in [3.63, 3.8) is 0 Å². The fourth-order valence-corrected chi connectivity index (χ4v) is 4.93. The highest BCUT2D eigenvalue weighted by molar-refractivity contribution is 7.92. The first-order chi connectivity index (χ1) is 8.18. The molecule has 2 fully saturated rings. The molecule has 1 heterocycles. The monoisotopic (exact) mass is 259 g/mol. The molecule has 0 aromatic heterocycles. The van der Waals surface area contributed by atoms with Gasteiger partial charge in [0.25, 0.3) is 0 Å². The van der Waals surface area contributed by atoms with Crippen molar-refractivity contribution in [2.45, 2.75) is 56.6 Å². The zero-order valence-electron chi connectivity index (χ0n) is 10.7. The van der Waals surface area contributed by atoms with E-state index in [0.717, 1.165) is 25.3 Å². The second kappa shape index (κ2) is 6.19. The van der Waals surface area contributed by atoms with Crippen LogP contribution in [0, 0.1) is 5.92 Å². The van der Waals surface area contributed by atoms with E-state index in [1.165, 1.54) is 38.5 Å². The minimum absolute atomic E-state index is 0.103. The Morgan fingerprint density at radius 2 is 1.76 bits per heavy atom. The molecule has 100 valence electrons. The standard InChI is InChI=1S/C13H25NO2S/c15-17(16)10-4-7-13(17)11-14-9-8-12-5-2-1-3-6-12/h12-14H,1-11H2. The Kier molecular flexibility index (Phi) is 4.86. The smallest absolute Gasteiger partial charge is 0.154 e. The first kappa shape index (κ1) is 13.3. The van der Waals surface area contributed by atoms with Crippen molar-refractivity contribution in [1.29, 1.82) is 0 Å². The third-order valence-corrected chi connectivity index (χ3v) is 6.56. The molecule has 1 aliphatic carbocycles. The Balaban J connectivity index is 1.60. The van der Waals surface area contributed by atoms with Crippen molar-refractivity contribution in [1.82, 2.24) is 5.32 Å². The van der Waals surface area contributed by atoms with E-state index in [2.05, 4.69) is 5.32 Å². The predicted octanol–water partition coefficient (Wildman–Crippen LogP) is 2.12. The number of sulfone groups is 1. The van der Waals surface area contributed by atoms with Crippen LogP contribution in [-0.4, -0.2) is 32.5 Å². The maximum Gasteiger partial charge on any atom is 0.154 e. The summed E-state index contributed by atoms with van der Waals surface area (Å²) in [5.41, 5.74) is 0. The fraction of sp³-hybridized carbons (Fsp3) is 1.00. The van der Waals surface area contributed by atoms with E-state index in [-0.39, 0.29) is 5.25 Å². The summed E-state index contributed by atoms with van der Waals surface area (Å²) in [6.07, 6.45) is 9.89. The number of hydrogen-bond acceptors (Lipinski definition) is 3. The molecule has 1 atom stereocenters. The number of nitrogens with one attached hydrogen (secondary N) is 1. The molecule has 17 heavy (non-hydrogen) atoms. The van der Waals surface area contributed by atoms with Gasteiger partial charge in [0.05, 0.1) is 11.0 Å². The summed E-state index contributed by atoms with van der Waals surface area (Å²) in [5.74, 6) is 1.29. The second-order valence-corrected chi connectivity index (χ2v) is 8.03. The van der Waals surface area contributed by atoms with Gasteiger partial charge >= 0.3 is 0 Å². The quantitative estimate of drug-likeness (QED) is 0.769. The van der Waals surface area contributed by atoms with Crippen LogP contribution in [0.2, 0.25) is 0 Å². The maximum absolute atomic E-state index is 11.6. The number of rotatable bonds is 5. The van der Waals surface area contributed by atoms with Crippen LogP contribution >= 0.6 is 0 Å². The van der Waals surface area contributed by atoms with E-state index in [1.807, 2.05) is 0 Å². The highest BCUT2D eigenvalue weighted by atomic mass is 32.2. The van der Waals surface area contributed by atoms with Gasteiger partial charge in [-0.1, -0.05) is 32.1 Å². The molecule has 1 N–H and O–H groups in total. The summed E-state index contributed by atoms with van der Waals surface area (Å²) in [4.78, 5) is 0. The van der Waals surface area contributed by atoms with Crippen molar-refractivity contribution in [2.24, 2.45) is 5.92 Å². The summed E-state index contributed by atoms with van der Waals surface area (Å²) in [7, 11) is -2.75. The van der Waals surface area contributed by atoms with Gasteiger partial charge in [0.15, 0.2) is 9.84 Å². The summed E-state index contributed by atoms with van der Waals surface area (Å²) < 4.78 is 23.2. The molecular weight excluding hydrogens is 234 g/mol. The Morgan fingerprint density at radius 1 is 1.00 bits per heavy atom. The Bertz CT molecular complexity index is 320. The van der Waals surface area contributed by atoms with E-state index >= 15 is 0 Å². The van der Waals surface area contributed by atoms with Crippen LogP contribution < -0.4 is 5.32 Å². The van der Waals surface area contributed by atoms with Crippen LogP contribution in [0.1, 0.15) is 51.4 Å². The van der Waals surface area contributed by atoms with Crippen molar-refractivity contribution in [2.75, 3.05) is 18.8 Å². The molecule has 0 aromatic carbocycles. The maximum atomic E-state index is 11.6. The minimum atomic E-state index is -2.75. The molecular formula is C13H25NO2S. The lowest BCUT2D eigenvalue weighted by Crippen LogP contribution is -2.31. The molecule has 1 saturated heterocycles. The van der Waals surface area contributed by atoms with Crippen molar-refractivity contribution >= 4 is 9.84 Å². The normalized spacial score (nSPS) is 29.5. The summed E-state index contributed by atoms with van der Waals surface area (Å²) in [6, 6.07) is 0. The molecule has 2 aliphatic rings. The highest BCUT2D eigenvalue weighted by Gasteiger charge is 2.30. The van der Waals surface area contributed by atoms with Crippen LogP contribution in [0.4, 0.5) is 0 Å². The second-order valence-electron chi connectivity index (χ2n) is 5.63. The largest absolute Gasteiger partial charge is 0.315 e. The van der Waals surface area contributed by atoms with E-state index < -0.39 is 9.84 Å². The van der Waals surface area contributed by atoms with Gasteiger partial charge in [-0.3, -0.25) is 0 Å². The van der Waals surface area contributed by atoms with Crippen LogP contribution in [0.25, 0.3) is 0 Å². The Labute approximate surface area is 105 Å². The van der Waals surface area contributed by atoms with Crippen LogP contribution in [0.5, 0.6) is 0 Å². The lowest BCUT2D eigenvalue weighted by Gasteiger charge is -2.21. The van der Waals surface area contributed by atoms with Gasteiger partial charge in [-0.2, -0.15) is 0 Å². The van der Waals surface area contributed by atoms with Crippen molar-refractivity contribution in [3.05, 3.63) is 0 Å². The van der Waals surface area contributed by atoms with Crippen LogP contribution in [0.3, 0.4) is 0 Å². The Hall–Kier alpha value is -0.0900. The first-order valence-electron chi connectivity index (χ1n) is 7.11. The summed E-state index contributed by atoms with van der Waals surface area (Å²) in [5, 5.41) is 3.25. The molecule has 2 rings (SSSR count). The van der Waals surface area contributed by atoms with Gasteiger partial charge in [-0.15, -0.1) is 0 Å². The average molecular weight is 259 g/mol. The van der Waals surface area contributed by atoms with Gasteiger partial charge in [-0.05, 0) is 31.7 Å². The predicted molar refractivity (Wildman–Crippen MR) is 70.9 cm³/mol. The van der Waals surface area contributed by atoms with E-state index in [0.29, 0.717) is 12.3 Å². The first-order valence-corrected chi connectivity index (χ1v) is 8.82. The zero-order chi connectivity index (χ0) is 12.1. The summed E-state index contributed by atoms with van der Waals surface area (Å²) >= 11 is 0. The van der Waals surface area contributed by atoms with Gasteiger partial charge in [0.2, 0.25) is 0 Å². The van der Waals surface area contributed by atoms with Gasteiger partial charge in [0.1, 0.15) is 0 Å². The molecule has 0 spiro atoms. The molecule has 3 nitrogen and oxygen atoms in total. The van der Waals surface area contributed by atoms with Crippen LogP contribution in [0.15, 0.2) is 0 Å². The molecule has 1 aliphatic heterocycles. The number of hydrogen-bond donors (Lipinski definition) is 1. The molecule has 4 heteroatoms. The molecule has 0 radical (unpaired) electrons. The molecule has 0 bridgehead atoms. The lowest BCUT2D eigenvalue weighted by molar-refractivity contribution is 0.334. The topological polar surface area (TPSA) is 46.2 Å². The SMILES string of the molecule is O=S1(=O)CCCC1CNCCC1CCCCC1. The third kappa shape index (κ3) is 3.95. The average Bonchev–Trinajstić information content (AvgIpc) is 2.66. The molecule has 0 amide bonds. The van der Waals surface area contributed by atoms with E-state index in [9.17, 15) is 8.42 Å². The zero-order valence-corrected chi connectivity index (χ0v) is 11.5.